The van der Waals surface area contributed by atoms with Crippen molar-refractivity contribution in [1.29, 1.82) is 0 Å². The van der Waals surface area contributed by atoms with Gasteiger partial charge < -0.3 is 29.7 Å². The summed E-state index contributed by atoms with van der Waals surface area (Å²) in [5.41, 5.74) is 5.23. The number of hydrogen-bond acceptors (Lipinski definition) is 6. The van der Waals surface area contributed by atoms with Crippen LogP contribution in [-0.4, -0.2) is 43.6 Å². The second-order valence-corrected chi connectivity index (χ2v) is 10.6. The van der Waals surface area contributed by atoms with Crippen molar-refractivity contribution < 1.29 is 24.5 Å². The van der Waals surface area contributed by atoms with Crippen LogP contribution in [0.4, 0.5) is 5.69 Å². The van der Waals surface area contributed by atoms with Crippen molar-refractivity contribution in [2.75, 3.05) is 12.4 Å². The molecule has 3 N–H and O–H groups in total. The number of carbonyl (C=O) groups is 2. The zero-order valence-corrected chi connectivity index (χ0v) is 25.5. The number of aromatic nitrogens is 2. The van der Waals surface area contributed by atoms with Crippen LogP contribution in [-0.2, 0) is 37.5 Å². The topological polar surface area (TPSA) is 117 Å². The summed E-state index contributed by atoms with van der Waals surface area (Å²) < 4.78 is 7.31. The number of terminal acetylenes is 1. The maximum absolute atomic E-state index is 14.6. The van der Waals surface area contributed by atoms with Crippen molar-refractivity contribution in [1.82, 2.24) is 14.5 Å². The first-order valence-electron chi connectivity index (χ1n) is 14.4. The maximum Gasteiger partial charge on any atom is 0.255 e. The van der Waals surface area contributed by atoms with Crippen molar-refractivity contribution in [3.05, 3.63) is 112 Å². The molecule has 2 amide bonds. The number of amides is 2. The molecule has 44 heavy (non-hydrogen) atoms. The Morgan fingerprint density at radius 3 is 2.43 bits per heavy atom. The van der Waals surface area contributed by atoms with Crippen LogP contribution >= 0.6 is 0 Å². The molecule has 4 aromatic rings. The minimum atomic E-state index is -1.23. The highest BCUT2D eigenvalue weighted by Crippen LogP contribution is 2.31. The molecule has 0 radical (unpaired) electrons. The highest BCUT2D eigenvalue weighted by Gasteiger charge is 2.36. The van der Waals surface area contributed by atoms with E-state index in [4.69, 9.17) is 11.2 Å². The molecule has 1 atom stereocenters. The lowest BCUT2D eigenvalue weighted by molar-refractivity contribution is -0.121. The number of benzene rings is 3. The summed E-state index contributed by atoms with van der Waals surface area (Å²) in [6, 6.07) is 14.9. The van der Waals surface area contributed by atoms with Crippen LogP contribution in [0, 0.1) is 26.2 Å². The molecule has 3 aromatic carbocycles. The van der Waals surface area contributed by atoms with Crippen LogP contribution in [0.25, 0.3) is 0 Å². The fourth-order valence-corrected chi connectivity index (χ4v) is 5.32. The van der Waals surface area contributed by atoms with Crippen LogP contribution in [0.5, 0.6) is 5.75 Å². The van der Waals surface area contributed by atoms with Crippen LogP contribution in [0.15, 0.2) is 67.0 Å². The second-order valence-electron chi connectivity index (χ2n) is 10.6. The quantitative estimate of drug-likeness (QED) is 0.205. The van der Waals surface area contributed by atoms with Gasteiger partial charge in [0.2, 0.25) is 0 Å². The molecule has 1 aromatic heterocycles. The Balaban J connectivity index is 1.94. The first kappa shape index (κ1) is 32.0. The second kappa shape index (κ2) is 14.5. The van der Waals surface area contributed by atoms with Crippen molar-refractivity contribution in [2.24, 2.45) is 0 Å². The van der Waals surface area contributed by atoms with E-state index < -0.39 is 17.9 Å². The third kappa shape index (κ3) is 7.00. The molecule has 0 aliphatic heterocycles. The lowest BCUT2D eigenvalue weighted by Crippen LogP contribution is -2.42. The third-order valence-electron chi connectivity index (χ3n) is 7.50. The van der Waals surface area contributed by atoms with E-state index in [1.807, 2.05) is 57.2 Å². The molecule has 0 aliphatic carbocycles. The molecule has 0 saturated carbocycles. The molecule has 0 bridgehead atoms. The smallest absolute Gasteiger partial charge is 0.255 e. The molecule has 228 valence electrons. The zero-order chi connectivity index (χ0) is 31.8. The number of aliphatic hydroxyl groups excluding tert-OH is 2. The summed E-state index contributed by atoms with van der Waals surface area (Å²) in [7, 11) is 1.55. The average Bonchev–Trinajstić information content (AvgIpc) is 3.48. The average molecular weight is 595 g/mol. The Morgan fingerprint density at radius 1 is 1.07 bits per heavy atom. The molecule has 4 rings (SSSR count). The van der Waals surface area contributed by atoms with Crippen LogP contribution < -0.4 is 10.1 Å². The van der Waals surface area contributed by atoms with Crippen LogP contribution in [0.1, 0.15) is 62.5 Å². The van der Waals surface area contributed by atoms with Crippen molar-refractivity contribution in [2.45, 2.75) is 59.5 Å². The largest absolute Gasteiger partial charge is 0.496 e. The van der Waals surface area contributed by atoms with Crippen molar-refractivity contribution >= 4 is 17.5 Å². The number of aliphatic hydroxyl groups is 2. The van der Waals surface area contributed by atoms with Gasteiger partial charge in [-0.2, -0.15) is 0 Å². The molecular weight excluding hydrogens is 556 g/mol. The minimum absolute atomic E-state index is 0.0170. The third-order valence-corrected chi connectivity index (χ3v) is 7.50. The Labute approximate surface area is 258 Å². The van der Waals surface area contributed by atoms with Gasteiger partial charge in [0.15, 0.2) is 6.04 Å². The van der Waals surface area contributed by atoms with E-state index in [1.54, 1.807) is 42.3 Å². The Bertz CT molecular complexity index is 1660. The van der Waals surface area contributed by atoms with Gasteiger partial charge in [-0.15, -0.1) is 6.42 Å². The molecule has 0 spiro atoms. The fourth-order valence-electron chi connectivity index (χ4n) is 5.32. The number of carbonyl (C=O) groups excluding carboxylic acids is 2. The van der Waals surface area contributed by atoms with E-state index in [0.29, 0.717) is 34.5 Å². The molecular formula is C35H38N4O5. The molecule has 0 fully saturated rings. The summed E-state index contributed by atoms with van der Waals surface area (Å²) >= 11 is 0. The number of aryl methyl sites for hydroxylation is 3. The maximum atomic E-state index is 14.6. The van der Waals surface area contributed by atoms with Gasteiger partial charge in [0.05, 0.1) is 33.4 Å². The summed E-state index contributed by atoms with van der Waals surface area (Å²) in [4.78, 5) is 35.1. The summed E-state index contributed by atoms with van der Waals surface area (Å²) in [6.45, 7) is 5.31. The number of para-hydroxylation sites is 1. The summed E-state index contributed by atoms with van der Waals surface area (Å²) in [5.74, 6) is 2.45. The van der Waals surface area contributed by atoms with Gasteiger partial charge in [-0.05, 0) is 60.7 Å². The van der Waals surface area contributed by atoms with Gasteiger partial charge in [0.1, 0.15) is 11.6 Å². The number of ether oxygens (including phenoxy) is 1. The SMILES string of the molecule is C#CCn1ccnc1C(C(=O)Nc1c(C)cccc1CC)N(Cc1cc(C)ccc1OC)C(=O)c1cc(CO)cc(CO)c1. The first-order valence-corrected chi connectivity index (χ1v) is 14.4. The van der Waals surface area contributed by atoms with Gasteiger partial charge >= 0.3 is 0 Å². The number of nitrogens with one attached hydrogen (secondary N) is 1. The molecule has 9 heteroatoms. The number of anilines is 1. The minimum Gasteiger partial charge on any atom is -0.496 e. The van der Waals surface area contributed by atoms with E-state index in [2.05, 4.69) is 16.2 Å². The highest BCUT2D eigenvalue weighted by atomic mass is 16.5. The zero-order valence-electron chi connectivity index (χ0n) is 25.5. The molecule has 1 heterocycles. The number of methoxy groups -OCH3 is 1. The van der Waals surface area contributed by atoms with Crippen LogP contribution in [0.2, 0.25) is 0 Å². The predicted octanol–water partition coefficient (Wildman–Crippen LogP) is 4.71. The molecule has 0 aliphatic rings. The van der Waals surface area contributed by atoms with E-state index in [9.17, 15) is 19.8 Å². The molecule has 1 unspecified atom stereocenters. The summed E-state index contributed by atoms with van der Waals surface area (Å²) in [6.07, 6.45) is 9.58. The molecule has 0 saturated heterocycles. The number of nitrogens with zero attached hydrogens (tertiary/aromatic N) is 3. The van der Waals surface area contributed by atoms with Crippen molar-refractivity contribution in [3.8, 4) is 18.1 Å². The van der Waals surface area contributed by atoms with Gasteiger partial charge in [0, 0.05) is 29.2 Å². The Hall–Kier alpha value is -4.91. The van der Waals surface area contributed by atoms with E-state index >= 15 is 0 Å². The van der Waals surface area contributed by atoms with E-state index in [1.165, 1.54) is 4.90 Å². The van der Waals surface area contributed by atoms with Crippen molar-refractivity contribution in [3.63, 3.8) is 0 Å². The van der Waals surface area contributed by atoms with Gasteiger partial charge in [-0.1, -0.05) is 54.8 Å². The lowest BCUT2D eigenvalue weighted by atomic mass is 10.0. The van der Waals surface area contributed by atoms with Gasteiger partial charge in [-0.25, -0.2) is 4.98 Å². The van der Waals surface area contributed by atoms with Gasteiger partial charge in [-0.3, -0.25) is 9.59 Å². The Morgan fingerprint density at radius 2 is 1.80 bits per heavy atom. The fraction of sp³-hybridized carbons (Fsp3) is 0.286. The highest BCUT2D eigenvalue weighted by molar-refractivity contribution is 6.02. The monoisotopic (exact) mass is 594 g/mol. The standard InChI is InChI=1S/C35H38N4O5/c1-6-14-38-15-13-36-33(38)32(34(42)37-31-24(4)9-8-10-27(31)7-2)39(20-29-16-23(3)11-12-30(29)44-5)35(43)28-18-25(21-40)17-26(19-28)22-41/h1,8-13,15-19,32,40-41H,7,14,20-22H2,2-5H3,(H,37,42). The lowest BCUT2D eigenvalue weighted by Gasteiger charge is -2.32. The Kier molecular flexibility index (Phi) is 10.6. The van der Waals surface area contributed by atoms with E-state index in [-0.39, 0.29) is 37.7 Å². The van der Waals surface area contributed by atoms with Gasteiger partial charge in [0.25, 0.3) is 11.8 Å². The molecule has 9 nitrogen and oxygen atoms in total. The van der Waals surface area contributed by atoms with E-state index in [0.717, 1.165) is 16.7 Å². The number of hydrogen-bond donors (Lipinski definition) is 3. The summed E-state index contributed by atoms with van der Waals surface area (Å²) in [5, 5.41) is 22.9. The predicted molar refractivity (Wildman–Crippen MR) is 169 cm³/mol. The number of rotatable bonds is 12. The first-order chi connectivity index (χ1) is 21.2. The van der Waals surface area contributed by atoms with Crippen LogP contribution in [0.3, 0.4) is 0 Å². The number of imidazole rings is 1. The normalized spacial score (nSPS) is 11.5.